The van der Waals surface area contributed by atoms with Gasteiger partial charge in [-0.25, -0.2) is 9.07 Å². The van der Waals surface area contributed by atoms with Gasteiger partial charge in [0.15, 0.2) is 5.82 Å². The van der Waals surface area contributed by atoms with Crippen molar-refractivity contribution in [2.45, 2.75) is 51.6 Å². The quantitative estimate of drug-likeness (QED) is 0.301. The third-order valence-corrected chi connectivity index (χ3v) is 5.53. The van der Waals surface area contributed by atoms with Gasteiger partial charge in [0.05, 0.1) is 30.0 Å². The average Bonchev–Trinajstić information content (AvgIpc) is 3.47. The summed E-state index contributed by atoms with van der Waals surface area (Å²) in [4.78, 5) is 1.99. The number of furan rings is 1. The minimum Gasteiger partial charge on any atom is -0.468 e. The maximum absolute atomic E-state index is 13.5. The van der Waals surface area contributed by atoms with Gasteiger partial charge in [-0.3, -0.25) is 4.90 Å². The lowest BCUT2D eigenvalue weighted by atomic mass is 9.99. The molecule has 0 fully saturated rings. The van der Waals surface area contributed by atoms with Crippen LogP contribution in [0.5, 0.6) is 0 Å². The Morgan fingerprint density at radius 3 is 2.20 bits per heavy atom. The minimum absolute atomic E-state index is 0.313. The molecule has 6 nitrogen and oxygen atoms in total. The summed E-state index contributed by atoms with van der Waals surface area (Å²) in [5.74, 6) is 0.757. The second kappa shape index (κ2) is 9.61. The van der Waals surface area contributed by atoms with E-state index >= 15 is 0 Å². The van der Waals surface area contributed by atoms with Crippen LogP contribution in [-0.2, 0) is 24.8 Å². The standard InChI is InChI=1S/C25H25F4N5O/c1-24(2,3)34-23(30-31-32-34)22(18-8-10-19(11-9-18)25(27,28)29)33(16-21-5-4-14-35-21)15-17-6-12-20(26)13-7-17/h4-14,22H,15-16H2,1-3H3/t22-/m0/s1. The molecule has 4 rings (SSSR count). The molecule has 0 amide bonds. The van der Waals surface area contributed by atoms with Crippen LogP contribution >= 0.6 is 0 Å². The first kappa shape index (κ1) is 24.6. The number of hydrogen-bond donors (Lipinski definition) is 0. The Balaban J connectivity index is 1.84. The first-order valence-electron chi connectivity index (χ1n) is 11.0. The summed E-state index contributed by atoms with van der Waals surface area (Å²) in [7, 11) is 0. The number of halogens is 4. The van der Waals surface area contributed by atoms with Crippen molar-refractivity contribution in [2.75, 3.05) is 0 Å². The molecule has 0 aliphatic carbocycles. The molecule has 184 valence electrons. The molecule has 0 aliphatic heterocycles. The van der Waals surface area contributed by atoms with E-state index in [0.717, 1.165) is 17.7 Å². The summed E-state index contributed by atoms with van der Waals surface area (Å²) in [6, 6.07) is 14.0. The van der Waals surface area contributed by atoms with Crippen LogP contribution in [0.15, 0.2) is 71.3 Å². The third-order valence-electron chi connectivity index (χ3n) is 5.53. The highest BCUT2D eigenvalue weighted by Crippen LogP contribution is 2.35. The second-order valence-electron chi connectivity index (χ2n) is 9.25. The molecular weight excluding hydrogens is 462 g/mol. The van der Waals surface area contributed by atoms with Crippen LogP contribution in [-0.4, -0.2) is 25.1 Å². The van der Waals surface area contributed by atoms with Crippen LogP contribution in [0.1, 0.15) is 55.1 Å². The summed E-state index contributed by atoms with van der Waals surface area (Å²) >= 11 is 0. The smallest absolute Gasteiger partial charge is 0.416 e. The average molecular weight is 488 g/mol. The van der Waals surface area contributed by atoms with Gasteiger partial charge in [0.2, 0.25) is 0 Å². The minimum atomic E-state index is -4.46. The van der Waals surface area contributed by atoms with Crippen LogP contribution in [0.4, 0.5) is 17.6 Å². The van der Waals surface area contributed by atoms with Gasteiger partial charge >= 0.3 is 6.18 Å². The van der Waals surface area contributed by atoms with Crippen molar-refractivity contribution < 1.29 is 22.0 Å². The molecule has 1 atom stereocenters. The fourth-order valence-corrected chi connectivity index (χ4v) is 3.89. The third kappa shape index (κ3) is 5.76. The Hall–Kier alpha value is -3.53. The number of hydrogen-bond acceptors (Lipinski definition) is 5. The van der Waals surface area contributed by atoms with Gasteiger partial charge in [-0.2, -0.15) is 13.2 Å². The summed E-state index contributed by atoms with van der Waals surface area (Å²) in [5, 5.41) is 12.3. The number of alkyl halides is 3. The Morgan fingerprint density at radius 1 is 0.943 bits per heavy atom. The Morgan fingerprint density at radius 2 is 1.63 bits per heavy atom. The van der Waals surface area contributed by atoms with Crippen LogP contribution < -0.4 is 0 Å². The number of nitrogens with zero attached hydrogens (tertiary/aromatic N) is 5. The van der Waals surface area contributed by atoms with Gasteiger partial charge in [-0.05, 0) is 78.7 Å². The number of aromatic nitrogens is 4. The van der Waals surface area contributed by atoms with Crippen molar-refractivity contribution in [3.05, 3.63) is 101 Å². The highest BCUT2D eigenvalue weighted by molar-refractivity contribution is 5.31. The van der Waals surface area contributed by atoms with E-state index in [-0.39, 0.29) is 5.82 Å². The summed E-state index contributed by atoms with van der Waals surface area (Å²) in [6.07, 6.45) is -2.90. The van der Waals surface area contributed by atoms with Gasteiger partial charge < -0.3 is 4.42 Å². The molecule has 0 unspecified atom stereocenters. The zero-order chi connectivity index (χ0) is 25.2. The normalized spacial score (nSPS) is 13.4. The highest BCUT2D eigenvalue weighted by Gasteiger charge is 2.34. The van der Waals surface area contributed by atoms with E-state index in [1.165, 1.54) is 24.3 Å². The number of benzene rings is 2. The monoisotopic (exact) mass is 487 g/mol. The van der Waals surface area contributed by atoms with Crippen molar-refractivity contribution in [3.8, 4) is 0 Å². The lowest BCUT2D eigenvalue weighted by Crippen LogP contribution is -2.34. The van der Waals surface area contributed by atoms with E-state index in [0.29, 0.717) is 30.2 Å². The first-order chi connectivity index (χ1) is 16.5. The Labute approximate surface area is 200 Å². The molecule has 35 heavy (non-hydrogen) atoms. The lowest BCUT2D eigenvalue weighted by Gasteiger charge is -2.33. The van der Waals surface area contributed by atoms with Gasteiger partial charge in [0.1, 0.15) is 11.6 Å². The van der Waals surface area contributed by atoms with Gasteiger partial charge in [-0.15, -0.1) is 5.10 Å². The summed E-state index contributed by atoms with van der Waals surface area (Å²) < 4.78 is 60.5. The van der Waals surface area contributed by atoms with E-state index < -0.39 is 23.3 Å². The van der Waals surface area contributed by atoms with E-state index in [2.05, 4.69) is 15.5 Å². The molecule has 0 spiro atoms. The predicted octanol–water partition coefficient (Wildman–Crippen LogP) is 5.97. The number of tetrazole rings is 1. The van der Waals surface area contributed by atoms with E-state index in [1.54, 1.807) is 29.1 Å². The predicted molar refractivity (Wildman–Crippen MR) is 120 cm³/mol. The Kier molecular flexibility index (Phi) is 6.75. The largest absolute Gasteiger partial charge is 0.468 e. The maximum atomic E-state index is 13.5. The fraction of sp³-hybridized carbons (Fsp3) is 0.320. The SMILES string of the molecule is CC(C)(C)n1nnnc1[C@H](c1ccc(C(F)(F)F)cc1)N(Cc1ccc(F)cc1)Cc1ccco1. The molecule has 0 saturated carbocycles. The molecule has 2 heterocycles. The highest BCUT2D eigenvalue weighted by atomic mass is 19.4. The fourth-order valence-electron chi connectivity index (χ4n) is 3.89. The summed E-state index contributed by atoms with van der Waals surface area (Å²) in [5.41, 5.74) is 0.151. The Bertz CT molecular complexity index is 1230. The van der Waals surface area contributed by atoms with Crippen molar-refractivity contribution in [1.82, 2.24) is 25.1 Å². The summed E-state index contributed by atoms with van der Waals surface area (Å²) in [6.45, 7) is 6.46. The molecule has 2 aromatic heterocycles. The van der Waals surface area contributed by atoms with Crippen molar-refractivity contribution >= 4 is 0 Å². The molecule has 4 aromatic rings. The lowest BCUT2D eigenvalue weighted by molar-refractivity contribution is -0.137. The molecule has 0 N–H and O–H groups in total. The van der Waals surface area contributed by atoms with Crippen molar-refractivity contribution in [1.29, 1.82) is 0 Å². The molecule has 0 aliphatic rings. The van der Waals surface area contributed by atoms with E-state index in [1.807, 2.05) is 31.7 Å². The van der Waals surface area contributed by atoms with Crippen LogP contribution in [0.3, 0.4) is 0 Å². The molecule has 0 radical (unpaired) electrons. The van der Waals surface area contributed by atoms with Crippen LogP contribution in [0.2, 0.25) is 0 Å². The van der Waals surface area contributed by atoms with E-state index in [4.69, 9.17) is 4.42 Å². The van der Waals surface area contributed by atoms with Crippen molar-refractivity contribution in [3.63, 3.8) is 0 Å². The molecule has 0 bridgehead atoms. The zero-order valence-corrected chi connectivity index (χ0v) is 19.5. The van der Waals surface area contributed by atoms with Crippen LogP contribution in [0, 0.1) is 5.82 Å². The van der Waals surface area contributed by atoms with Gasteiger partial charge in [0.25, 0.3) is 0 Å². The van der Waals surface area contributed by atoms with Gasteiger partial charge in [-0.1, -0.05) is 24.3 Å². The number of rotatable bonds is 7. The van der Waals surface area contributed by atoms with E-state index in [9.17, 15) is 17.6 Å². The molecular formula is C25H25F4N5O. The first-order valence-corrected chi connectivity index (χ1v) is 11.0. The topological polar surface area (TPSA) is 60.0 Å². The zero-order valence-electron chi connectivity index (χ0n) is 19.5. The van der Waals surface area contributed by atoms with Crippen LogP contribution in [0.25, 0.3) is 0 Å². The molecule has 2 aromatic carbocycles. The molecule has 10 heteroatoms. The second-order valence-corrected chi connectivity index (χ2v) is 9.25. The van der Waals surface area contributed by atoms with Crippen molar-refractivity contribution in [2.24, 2.45) is 0 Å². The maximum Gasteiger partial charge on any atom is 0.416 e. The van der Waals surface area contributed by atoms with Gasteiger partial charge in [0, 0.05) is 6.54 Å². The molecule has 0 saturated heterocycles.